The molecular formula is C44H29NO. The Morgan fingerprint density at radius 2 is 1.04 bits per heavy atom. The molecule has 0 spiro atoms. The van der Waals surface area contributed by atoms with Gasteiger partial charge in [-0.15, -0.1) is 0 Å². The lowest BCUT2D eigenvalue weighted by Gasteiger charge is -2.26. The molecule has 0 saturated carbocycles. The number of rotatable bonds is 5. The minimum absolute atomic E-state index is 0.915. The highest BCUT2D eigenvalue weighted by atomic mass is 16.3. The Morgan fingerprint density at radius 3 is 1.93 bits per heavy atom. The van der Waals surface area contributed by atoms with Crippen LogP contribution in [-0.4, -0.2) is 0 Å². The maximum Gasteiger partial charge on any atom is 0.136 e. The highest BCUT2D eigenvalue weighted by Gasteiger charge is 2.17. The van der Waals surface area contributed by atoms with Crippen LogP contribution < -0.4 is 4.90 Å². The van der Waals surface area contributed by atoms with E-state index in [1.165, 1.54) is 43.8 Å². The van der Waals surface area contributed by atoms with Gasteiger partial charge in [-0.05, 0) is 92.3 Å². The third-order valence-electron chi connectivity index (χ3n) is 9.04. The van der Waals surface area contributed by atoms with E-state index in [-0.39, 0.29) is 0 Å². The molecule has 0 atom stereocenters. The molecule has 0 aliphatic carbocycles. The molecule has 0 amide bonds. The van der Waals surface area contributed by atoms with Crippen molar-refractivity contribution in [2.24, 2.45) is 0 Å². The van der Waals surface area contributed by atoms with Crippen LogP contribution in [0.5, 0.6) is 0 Å². The van der Waals surface area contributed by atoms with Crippen molar-refractivity contribution in [1.29, 1.82) is 0 Å². The van der Waals surface area contributed by atoms with Crippen LogP contribution in [0.25, 0.3) is 65.7 Å². The molecule has 0 unspecified atom stereocenters. The normalized spacial score (nSPS) is 11.5. The van der Waals surface area contributed by atoms with E-state index in [0.717, 1.165) is 39.0 Å². The Kier molecular flexibility index (Phi) is 6.17. The lowest BCUT2D eigenvalue weighted by Crippen LogP contribution is -2.10. The van der Waals surface area contributed by atoms with Gasteiger partial charge in [0.05, 0.1) is 0 Å². The van der Waals surface area contributed by atoms with Crippen molar-refractivity contribution in [2.45, 2.75) is 0 Å². The van der Waals surface area contributed by atoms with Gasteiger partial charge in [-0.2, -0.15) is 0 Å². The number of fused-ring (bicyclic) bond motifs is 6. The van der Waals surface area contributed by atoms with Crippen LogP contribution in [0, 0.1) is 0 Å². The fraction of sp³-hybridized carbons (Fsp3) is 0. The number of anilines is 3. The van der Waals surface area contributed by atoms with Gasteiger partial charge in [0.1, 0.15) is 11.2 Å². The van der Waals surface area contributed by atoms with E-state index in [4.69, 9.17) is 4.42 Å². The predicted molar refractivity (Wildman–Crippen MR) is 194 cm³/mol. The lowest BCUT2D eigenvalue weighted by atomic mass is 9.98. The molecule has 0 bridgehead atoms. The van der Waals surface area contributed by atoms with Crippen molar-refractivity contribution >= 4 is 60.5 Å². The molecule has 0 radical (unpaired) electrons. The predicted octanol–water partition coefficient (Wildman–Crippen LogP) is 12.7. The molecule has 46 heavy (non-hydrogen) atoms. The fourth-order valence-electron chi connectivity index (χ4n) is 6.85. The van der Waals surface area contributed by atoms with Gasteiger partial charge in [0, 0.05) is 27.8 Å². The summed E-state index contributed by atoms with van der Waals surface area (Å²) in [6.45, 7) is 0. The Labute approximate surface area is 267 Å². The van der Waals surface area contributed by atoms with Crippen LogP contribution >= 0.6 is 0 Å². The Bertz CT molecular complexity index is 2520. The monoisotopic (exact) mass is 587 g/mol. The van der Waals surface area contributed by atoms with E-state index < -0.39 is 0 Å². The van der Waals surface area contributed by atoms with Crippen molar-refractivity contribution in [3.05, 3.63) is 176 Å². The zero-order valence-corrected chi connectivity index (χ0v) is 25.1. The van der Waals surface area contributed by atoms with Gasteiger partial charge >= 0.3 is 0 Å². The van der Waals surface area contributed by atoms with Gasteiger partial charge in [0.2, 0.25) is 0 Å². The smallest absolute Gasteiger partial charge is 0.136 e. The highest BCUT2D eigenvalue weighted by Crippen LogP contribution is 2.41. The summed E-state index contributed by atoms with van der Waals surface area (Å²) in [5, 5.41) is 7.18. The molecule has 216 valence electrons. The van der Waals surface area contributed by atoms with Crippen molar-refractivity contribution in [3.63, 3.8) is 0 Å². The second-order valence-electron chi connectivity index (χ2n) is 11.8. The van der Waals surface area contributed by atoms with Crippen molar-refractivity contribution in [3.8, 4) is 22.3 Å². The number of nitrogens with zero attached hydrogens (tertiary/aromatic N) is 1. The SMILES string of the molecule is c1ccc(-c2cccc(N(c3ccc(-c4cccc5ccccc45)cc3)c3ccc4c(ccc5oc6ccccc6c54)c3)c2)cc1. The average Bonchev–Trinajstić information content (AvgIpc) is 3.52. The zero-order chi connectivity index (χ0) is 30.5. The molecule has 0 fully saturated rings. The maximum atomic E-state index is 6.20. The molecule has 1 heterocycles. The molecule has 0 aliphatic heterocycles. The van der Waals surface area contributed by atoms with Crippen LogP contribution in [0.15, 0.2) is 180 Å². The molecule has 0 aliphatic rings. The number of benzene rings is 8. The van der Waals surface area contributed by atoms with E-state index in [1.54, 1.807) is 0 Å². The Morgan fingerprint density at radius 1 is 0.348 bits per heavy atom. The van der Waals surface area contributed by atoms with Crippen LogP contribution in [0.1, 0.15) is 0 Å². The third-order valence-corrected chi connectivity index (χ3v) is 9.04. The minimum Gasteiger partial charge on any atom is -0.456 e. The summed E-state index contributed by atoms with van der Waals surface area (Å²) in [4.78, 5) is 2.36. The summed E-state index contributed by atoms with van der Waals surface area (Å²) in [7, 11) is 0. The molecule has 0 N–H and O–H groups in total. The van der Waals surface area contributed by atoms with E-state index in [0.29, 0.717) is 0 Å². The number of hydrogen-bond donors (Lipinski definition) is 0. The molecule has 0 saturated heterocycles. The quantitative estimate of drug-likeness (QED) is 0.199. The van der Waals surface area contributed by atoms with Crippen LogP contribution in [0.4, 0.5) is 17.1 Å². The molecule has 9 rings (SSSR count). The highest BCUT2D eigenvalue weighted by molar-refractivity contribution is 6.19. The zero-order valence-electron chi connectivity index (χ0n) is 25.1. The third kappa shape index (κ3) is 4.43. The summed E-state index contributed by atoms with van der Waals surface area (Å²) in [5.41, 5.74) is 9.96. The number of hydrogen-bond acceptors (Lipinski definition) is 2. The molecule has 8 aromatic carbocycles. The van der Waals surface area contributed by atoms with Gasteiger partial charge < -0.3 is 9.32 Å². The van der Waals surface area contributed by atoms with E-state index in [9.17, 15) is 0 Å². The van der Waals surface area contributed by atoms with Crippen molar-refractivity contribution in [2.75, 3.05) is 4.90 Å². The van der Waals surface area contributed by atoms with Gasteiger partial charge in [-0.3, -0.25) is 0 Å². The first-order valence-corrected chi connectivity index (χ1v) is 15.7. The summed E-state index contributed by atoms with van der Waals surface area (Å²) in [6.07, 6.45) is 0. The standard InChI is InChI=1S/C44H29NO/c1-2-10-30(11-3-1)33-14-8-15-36(28-33)45(35-23-20-32(21-24-35)39-18-9-13-31-12-4-5-16-38(31)39)37-25-26-40-34(29-37)22-27-43-44(40)41-17-6-7-19-42(41)46-43/h1-29H. The molecule has 2 nitrogen and oxygen atoms in total. The average molecular weight is 588 g/mol. The van der Waals surface area contributed by atoms with Gasteiger partial charge in [0.15, 0.2) is 0 Å². The lowest BCUT2D eigenvalue weighted by molar-refractivity contribution is 0.669. The molecular weight excluding hydrogens is 558 g/mol. The first-order valence-electron chi connectivity index (χ1n) is 15.7. The maximum absolute atomic E-state index is 6.20. The minimum atomic E-state index is 0.915. The fourth-order valence-corrected chi connectivity index (χ4v) is 6.85. The van der Waals surface area contributed by atoms with Gasteiger partial charge in [-0.1, -0.05) is 127 Å². The van der Waals surface area contributed by atoms with Gasteiger partial charge in [0.25, 0.3) is 0 Å². The second-order valence-corrected chi connectivity index (χ2v) is 11.8. The molecule has 1 aromatic heterocycles. The van der Waals surface area contributed by atoms with Crippen molar-refractivity contribution < 1.29 is 4.42 Å². The summed E-state index contributed by atoms with van der Waals surface area (Å²) >= 11 is 0. The van der Waals surface area contributed by atoms with Gasteiger partial charge in [-0.25, -0.2) is 0 Å². The topological polar surface area (TPSA) is 16.4 Å². The Hall–Kier alpha value is -6.12. The van der Waals surface area contributed by atoms with Crippen molar-refractivity contribution in [1.82, 2.24) is 0 Å². The largest absolute Gasteiger partial charge is 0.456 e. The molecule has 9 aromatic rings. The summed E-state index contributed by atoms with van der Waals surface area (Å²) < 4.78 is 6.20. The van der Waals surface area contributed by atoms with Crippen LogP contribution in [-0.2, 0) is 0 Å². The molecule has 2 heteroatoms. The summed E-state index contributed by atoms with van der Waals surface area (Å²) in [6, 6.07) is 62.8. The second kappa shape index (κ2) is 10.8. The first-order chi connectivity index (χ1) is 22.8. The Balaban J connectivity index is 1.21. The van der Waals surface area contributed by atoms with Crippen LogP contribution in [0.2, 0.25) is 0 Å². The van der Waals surface area contributed by atoms with E-state index >= 15 is 0 Å². The van der Waals surface area contributed by atoms with Crippen LogP contribution in [0.3, 0.4) is 0 Å². The van der Waals surface area contributed by atoms with E-state index in [1.807, 2.05) is 12.1 Å². The van der Waals surface area contributed by atoms with E-state index in [2.05, 4.69) is 169 Å². The number of furan rings is 1. The summed E-state index contributed by atoms with van der Waals surface area (Å²) in [5.74, 6) is 0. The first kappa shape index (κ1) is 26.3. The number of para-hydroxylation sites is 1.